The first-order chi connectivity index (χ1) is 9.47. The standard InChI is InChI=1S/C14H19N5S/c1-8(2)13-18-11(15-5)7-12(19-13)20-14-16-9(3)6-10(4)17-14/h6-8H,1-5H3,(H,15,18,19). The Kier molecular flexibility index (Phi) is 4.54. The van der Waals surface area contributed by atoms with Gasteiger partial charge in [0.1, 0.15) is 16.7 Å². The quantitative estimate of drug-likeness (QED) is 0.689. The summed E-state index contributed by atoms with van der Waals surface area (Å²) in [7, 11) is 1.86. The molecule has 0 aliphatic carbocycles. The fraction of sp³-hybridized carbons (Fsp3) is 0.429. The molecule has 0 aromatic carbocycles. The van der Waals surface area contributed by atoms with Crippen LogP contribution in [-0.2, 0) is 0 Å². The summed E-state index contributed by atoms with van der Waals surface area (Å²) in [6.07, 6.45) is 0. The first kappa shape index (κ1) is 14.7. The molecule has 1 N–H and O–H groups in total. The van der Waals surface area contributed by atoms with Gasteiger partial charge in [-0.05, 0) is 31.7 Å². The zero-order valence-electron chi connectivity index (χ0n) is 12.4. The van der Waals surface area contributed by atoms with Crippen LogP contribution in [0.3, 0.4) is 0 Å². The van der Waals surface area contributed by atoms with Crippen molar-refractivity contribution in [2.24, 2.45) is 0 Å². The van der Waals surface area contributed by atoms with E-state index >= 15 is 0 Å². The lowest BCUT2D eigenvalue weighted by Crippen LogP contribution is -2.03. The molecule has 2 aromatic rings. The van der Waals surface area contributed by atoms with E-state index in [0.29, 0.717) is 0 Å². The molecular weight excluding hydrogens is 270 g/mol. The molecule has 0 radical (unpaired) electrons. The van der Waals surface area contributed by atoms with Crippen LogP contribution in [0, 0.1) is 13.8 Å². The van der Waals surface area contributed by atoms with Gasteiger partial charge < -0.3 is 5.32 Å². The highest BCUT2D eigenvalue weighted by Gasteiger charge is 2.10. The highest BCUT2D eigenvalue weighted by Crippen LogP contribution is 2.26. The third-order valence-electron chi connectivity index (χ3n) is 2.65. The Morgan fingerprint density at radius 3 is 2.20 bits per heavy atom. The lowest BCUT2D eigenvalue weighted by molar-refractivity contribution is 0.754. The SMILES string of the molecule is CNc1cc(Sc2nc(C)cc(C)n2)nc(C(C)C)n1. The molecule has 0 saturated carbocycles. The second-order valence-corrected chi connectivity index (χ2v) is 5.88. The van der Waals surface area contributed by atoms with E-state index in [1.165, 1.54) is 11.8 Å². The summed E-state index contributed by atoms with van der Waals surface area (Å²) in [5.74, 6) is 1.92. The number of nitrogens with one attached hydrogen (secondary N) is 1. The molecule has 0 bridgehead atoms. The van der Waals surface area contributed by atoms with Gasteiger partial charge in [-0.2, -0.15) is 0 Å². The second-order valence-electron chi connectivity index (χ2n) is 4.89. The Labute approximate surface area is 123 Å². The summed E-state index contributed by atoms with van der Waals surface area (Å²) >= 11 is 1.46. The van der Waals surface area contributed by atoms with Crippen molar-refractivity contribution in [3.8, 4) is 0 Å². The molecule has 106 valence electrons. The van der Waals surface area contributed by atoms with Gasteiger partial charge in [0.15, 0.2) is 5.16 Å². The molecule has 2 heterocycles. The Hall–Kier alpha value is -1.69. The van der Waals surface area contributed by atoms with E-state index in [1.807, 2.05) is 33.0 Å². The van der Waals surface area contributed by atoms with E-state index in [4.69, 9.17) is 0 Å². The minimum Gasteiger partial charge on any atom is -0.373 e. The van der Waals surface area contributed by atoms with Crippen molar-refractivity contribution in [2.45, 2.75) is 43.8 Å². The minimum absolute atomic E-state index is 0.280. The summed E-state index contributed by atoms with van der Waals surface area (Å²) in [4.78, 5) is 17.9. The van der Waals surface area contributed by atoms with Crippen LogP contribution in [-0.4, -0.2) is 27.0 Å². The van der Waals surface area contributed by atoms with Crippen LogP contribution < -0.4 is 5.32 Å². The molecular formula is C14H19N5S. The van der Waals surface area contributed by atoms with E-state index in [2.05, 4.69) is 39.1 Å². The van der Waals surface area contributed by atoms with Gasteiger partial charge >= 0.3 is 0 Å². The zero-order valence-corrected chi connectivity index (χ0v) is 13.2. The van der Waals surface area contributed by atoms with Crippen molar-refractivity contribution >= 4 is 17.6 Å². The van der Waals surface area contributed by atoms with Crippen LogP contribution in [0.4, 0.5) is 5.82 Å². The average molecular weight is 289 g/mol. The fourth-order valence-corrected chi connectivity index (χ4v) is 2.59. The van der Waals surface area contributed by atoms with Crippen LogP contribution in [0.25, 0.3) is 0 Å². The predicted molar refractivity (Wildman–Crippen MR) is 81.3 cm³/mol. The highest BCUT2D eigenvalue weighted by molar-refractivity contribution is 7.99. The topological polar surface area (TPSA) is 63.6 Å². The Balaban J connectivity index is 2.34. The van der Waals surface area contributed by atoms with Gasteiger partial charge in [-0.15, -0.1) is 0 Å². The first-order valence-corrected chi connectivity index (χ1v) is 7.36. The van der Waals surface area contributed by atoms with E-state index in [1.54, 1.807) is 0 Å². The van der Waals surface area contributed by atoms with Gasteiger partial charge in [-0.3, -0.25) is 0 Å². The van der Waals surface area contributed by atoms with Crippen LogP contribution in [0.2, 0.25) is 0 Å². The van der Waals surface area contributed by atoms with Gasteiger partial charge in [0, 0.05) is 30.4 Å². The Morgan fingerprint density at radius 1 is 1.00 bits per heavy atom. The van der Waals surface area contributed by atoms with Crippen LogP contribution in [0.15, 0.2) is 22.3 Å². The molecule has 0 spiro atoms. The summed E-state index contributed by atoms with van der Waals surface area (Å²) in [6.45, 7) is 8.10. The second kappa shape index (κ2) is 6.17. The molecule has 0 aliphatic rings. The van der Waals surface area contributed by atoms with E-state index < -0.39 is 0 Å². The maximum Gasteiger partial charge on any atom is 0.194 e. The summed E-state index contributed by atoms with van der Waals surface area (Å²) in [5, 5.41) is 4.65. The number of aromatic nitrogens is 4. The number of hydrogen-bond acceptors (Lipinski definition) is 6. The van der Waals surface area contributed by atoms with Crippen molar-refractivity contribution in [3.63, 3.8) is 0 Å². The third kappa shape index (κ3) is 3.66. The lowest BCUT2D eigenvalue weighted by Gasteiger charge is -2.09. The number of anilines is 1. The van der Waals surface area contributed by atoms with Crippen LogP contribution in [0.1, 0.15) is 37.0 Å². The first-order valence-electron chi connectivity index (χ1n) is 6.55. The molecule has 20 heavy (non-hydrogen) atoms. The van der Waals surface area contributed by atoms with Gasteiger partial charge in [0.2, 0.25) is 0 Å². The molecule has 2 aromatic heterocycles. The maximum atomic E-state index is 4.57. The highest BCUT2D eigenvalue weighted by atomic mass is 32.2. The van der Waals surface area contributed by atoms with Crippen molar-refractivity contribution in [1.82, 2.24) is 19.9 Å². The number of hydrogen-bond donors (Lipinski definition) is 1. The van der Waals surface area contributed by atoms with Crippen molar-refractivity contribution < 1.29 is 0 Å². The molecule has 0 fully saturated rings. The molecule has 0 aliphatic heterocycles. The number of aryl methyl sites for hydroxylation is 2. The molecule has 0 amide bonds. The zero-order chi connectivity index (χ0) is 14.7. The van der Waals surface area contributed by atoms with Crippen LogP contribution in [0.5, 0.6) is 0 Å². The number of nitrogens with zero attached hydrogens (tertiary/aromatic N) is 4. The maximum absolute atomic E-state index is 4.57. The van der Waals surface area contributed by atoms with Crippen molar-refractivity contribution in [3.05, 3.63) is 29.3 Å². The third-order valence-corrected chi connectivity index (χ3v) is 3.43. The van der Waals surface area contributed by atoms with Gasteiger partial charge in [-0.25, -0.2) is 19.9 Å². The van der Waals surface area contributed by atoms with Gasteiger partial charge in [-0.1, -0.05) is 13.8 Å². The monoisotopic (exact) mass is 289 g/mol. The normalized spacial score (nSPS) is 10.9. The largest absolute Gasteiger partial charge is 0.373 e. The Bertz CT molecular complexity index is 592. The smallest absolute Gasteiger partial charge is 0.194 e. The van der Waals surface area contributed by atoms with Gasteiger partial charge in [0.05, 0.1) is 0 Å². The van der Waals surface area contributed by atoms with E-state index in [9.17, 15) is 0 Å². The van der Waals surface area contributed by atoms with E-state index in [0.717, 1.165) is 33.2 Å². The van der Waals surface area contributed by atoms with Crippen molar-refractivity contribution in [2.75, 3.05) is 12.4 Å². The molecule has 2 rings (SSSR count). The molecule has 6 heteroatoms. The summed E-state index contributed by atoms with van der Waals surface area (Å²) in [6, 6.07) is 3.88. The molecule has 0 saturated heterocycles. The summed E-state index contributed by atoms with van der Waals surface area (Å²) < 4.78 is 0. The average Bonchev–Trinajstić information content (AvgIpc) is 2.36. The van der Waals surface area contributed by atoms with Crippen LogP contribution >= 0.6 is 11.8 Å². The van der Waals surface area contributed by atoms with E-state index in [-0.39, 0.29) is 5.92 Å². The van der Waals surface area contributed by atoms with Gasteiger partial charge in [0.25, 0.3) is 0 Å². The predicted octanol–water partition coefficient (Wildman–Crippen LogP) is 3.20. The minimum atomic E-state index is 0.280. The molecule has 5 nitrogen and oxygen atoms in total. The lowest BCUT2D eigenvalue weighted by atomic mass is 10.2. The Morgan fingerprint density at radius 2 is 1.65 bits per heavy atom. The fourth-order valence-electron chi connectivity index (χ4n) is 1.71. The molecule has 0 atom stereocenters. The molecule has 0 unspecified atom stereocenters. The van der Waals surface area contributed by atoms with Crippen molar-refractivity contribution in [1.29, 1.82) is 0 Å². The summed E-state index contributed by atoms with van der Waals surface area (Å²) in [5.41, 5.74) is 1.93. The number of rotatable bonds is 4.